The molecule has 2 N–H and O–H groups in total. The standard InChI is InChI=1S/C11H14N6O2/c1-6-4-8(16-11(12-3)14-6)10(18)15-7(2)9-13-5-19-17-9/h4-5,7H,1-3H3,(H,15,18)(H,12,14,16). The molecule has 0 saturated heterocycles. The first-order valence-corrected chi connectivity index (χ1v) is 5.70. The van der Waals surface area contributed by atoms with Crippen LogP contribution in [0.3, 0.4) is 0 Å². The fourth-order valence-electron chi connectivity index (χ4n) is 1.50. The number of aryl methyl sites for hydroxylation is 1. The number of hydrogen-bond donors (Lipinski definition) is 2. The van der Waals surface area contributed by atoms with Crippen molar-refractivity contribution in [2.45, 2.75) is 19.9 Å². The number of carbonyl (C=O) groups excluding carboxylic acids is 1. The summed E-state index contributed by atoms with van der Waals surface area (Å²) in [5.74, 6) is 0.490. The second-order valence-corrected chi connectivity index (χ2v) is 3.95. The Balaban J connectivity index is 2.13. The summed E-state index contributed by atoms with van der Waals surface area (Å²) in [4.78, 5) is 24.1. The van der Waals surface area contributed by atoms with Gasteiger partial charge in [-0.15, -0.1) is 0 Å². The van der Waals surface area contributed by atoms with Crippen LogP contribution in [0.1, 0.15) is 35.0 Å². The highest BCUT2D eigenvalue weighted by Crippen LogP contribution is 2.09. The summed E-state index contributed by atoms with van der Waals surface area (Å²) in [7, 11) is 1.69. The first-order chi connectivity index (χ1) is 9.10. The monoisotopic (exact) mass is 262 g/mol. The van der Waals surface area contributed by atoms with Crippen molar-refractivity contribution in [3.05, 3.63) is 29.7 Å². The van der Waals surface area contributed by atoms with Gasteiger partial charge >= 0.3 is 0 Å². The molecule has 1 amide bonds. The summed E-state index contributed by atoms with van der Waals surface area (Å²) in [5, 5.41) is 9.21. The molecule has 2 rings (SSSR count). The van der Waals surface area contributed by atoms with Gasteiger partial charge in [0, 0.05) is 12.7 Å². The number of rotatable bonds is 4. The number of nitrogens with zero attached hydrogens (tertiary/aromatic N) is 4. The first kappa shape index (κ1) is 12.9. The van der Waals surface area contributed by atoms with Gasteiger partial charge in [-0.1, -0.05) is 5.16 Å². The number of anilines is 1. The van der Waals surface area contributed by atoms with Crippen molar-refractivity contribution < 1.29 is 9.32 Å². The molecule has 8 heteroatoms. The van der Waals surface area contributed by atoms with Crippen molar-refractivity contribution in [1.82, 2.24) is 25.4 Å². The fourth-order valence-corrected chi connectivity index (χ4v) is 1.50. The van der Waals surface area contributed by atoms with E-state index in [1.54, 1.807) is 27.0 Å². The van der Waals surface area contributed by atoms with Crippen LogP contribution in [0.25, 0.3) is 0 Å². The van der Waals surface area contributed by atoms with Crippen LogP contribution in [0.15, 0.2) is 17.0 Å². The molecule has 0 spiro atoms. The van der Waals surface area contributed by atoms with E-state index in [9.17, 15) is 4.79 Å². The summed E-state index contributed by atoms with van der Waals surface area (Å²) in [5.41, 5.74) is 0.990. The smallest absolute Gasteiger partial charge is 0.270 e. The predicted octanol–water partition coefficient (Wildman–Crippen LogP) is 0.701. The maximum Gasteiger partial charge on any atom is 0.270 e. The van der Waals surface area contributed by atoms with Crippen molar-refractivity contribution in [3.63, 3.8) is 0 Å². The second-order valence-electron chi connectivity index (χ2n) is 3.95. The van der Waals surface area contributed by atoms with Crippen LogP contribution in [0, 0.1) is 6.92 Å². The highest BCUT2D eigenvalue weighted by Gasteiger charge is 2.16. The van der Waals surface area contributed by atoms with Gasteiger partial charge in [-0.25, -0.2) is 9.97 Å². The molecule has 1 atom stereocenters. The Bertz CT molecular complexity index is 569. The van der Waals surface area contributed by atoms with Gasteiger partial charge in [-0.3, -0.25) is 4.79 Å². The second kappa shape index (κ2) is 5.42. The van der Waals surface area contributed by atoms with Crippen LogP contribution in [-0.4, -0.2) is 33.1 Å². The average molecular weight is 262 g/mol. The zero-order valence-electron chi connectivity index (χ0n) is 10.8. The van der Waals surface area contributed by atoms with E-state index < -0.39 is 0 Å². The van der Waals surface area contributed by atoms with E-state index in [0.717, 1.165) is 0 Å². The summed E-state index contributed by atoms with van der Waals surface area (Å²) in [6, 6.07) is 1.25. The number of carbonyl (C=O) groups is 1. The fraction of sp³-hybridized carbons (Fsp3) is 0.364. The van der Waals surface area contributed by atoms with Crippen LogP contribution >= 0.6 is 0 Å². The van der Waals surface area contributed by atoms with Crippen molar-refractivity contribution >= 4 is 11.9 Å². The van der Waals surface area contributed by atoms with Gasteiger partial charge in [0.25, 0.3) is 5.91 Å². The maximum atomic E-state index is 12.1. The van der Waals surface area contributed by atoms with Gasteiger partial charge in [-0.2, -0.15) is 4.98 Å². The predicted molar refractivity (Wildman–Crippen MR) is 66.5 cm³/mol. The molecule has 0 aliphatic carbocycles. The summed E-state index contributed by atoms with van der Waals surface area (Å²) < 4.78 is 4.63. The highest BCUT2D eigenvalue weighted by atomic mass is 16.5. The number of aromatic nitrogens is 4. The number of nitrogens with one attached hydrogen (secondary N) is 2. The molecule has 0 saturated carbocycles. The van der Waals surface area contributed by atoms with Gasteiger partial charge in [0.1, 0.15) is 5.69 Å². The molecule has 2 aromatic rings. The topological polar surface area (TPSA) is 106 Å². The van der Waals surface area contributed by atoms with Gasteiger partial charge in [0.15, 0.2) is 5.82 Å². The van der Waals surface area contributed by atoms with E-state index in [4.69, 9.17) is 0 Å². The minimum Gasteiger partial charge on any atom is -0.357 e. The van der Waals surface area contributed by atoms with Gasteiger partial charge < -0.3 is 15.2 Å². The zero-order chi connectivity index (χ0) is 13.8. The van der Waals surface area contributed by atoms with Crippen molar-refractivity contribution in [1.29, 1.82) is 0 Å². The summed E-state index contributed by atoms with van der Waals surface area (Å²) in [6.07, 6.45) is 1.21. The molecule has 0 radical (unpaired) electrons. The molecule has 19 heavy (non-hydrogen) atoms. The van der Waals surface area contributed by atoms with Gasteiger partial charge in [0.05, 0.1) is 6.04 Å². The summed E-state index contributed by atoms with van der Waals surface area (Å²) in [6.45, 7) is 3.55. The number of amides is 1. The molecule has 100 valence electrons. The lowest BCUT2D eigenvalue weighted by atomic mass is 10.2. The van der Waals surface area contributed by atoms with E-state index in [-0.39, 0.29) is 17.6 Å². The molecular formula is C11H14N6O2. The lowest BCUT2D eigenvalue weighted by molar-refractivity contribution is 0.0932. The molecule has 0 aliphatic heterocycles. The molecule has 0 fully saturated rings. The Labute approximate surface area is 109 Å². The quantitative estimate of drug-likeness (QED) is 0.835. The minimum absolute atomic E-state index is 0.284. The molecule has 0 bridgehead atoms. The Morgan fingerprint density at radius 1 is 1.42 bits per heavy atom. The average Bonchev–Trinajstić information content (AvgIpc) is 2.91. The maximum absolute atomic E-state index is 12.1. The van der Waals surface area contributed by atoms with Crippen molar-refractivity contribution in [2.24, 2.45) is 0 Å². The van der Waals surface area contributed by atoms with Crippen molar-refractivity contribution in [2.75, 3.05) is 12.4 Å². The van der Waals surface area contributed by atoms with E-state index in [1.165, 1.54) is 6.39 Å². The highest BCUT2D eigenvalue weighted by molar-refractivity contribution is 5.92. The molecular weight excluding hydrogens is 248 g/mol. The van der Waals surface area contributed by atoms with E-state index in [0.29, 0.717) is 17.5 Å². The normalized spacial score (nSPS) is 11.9. The van der Waals surface area contributed by atoms with Crippen LogP contribution < -0.4 is 10.6 Å². The lowest BCUT2D eigenvalue weighted by Crippen LogP contribution is -2.28. The third-order valence-electron chi connectivity index (χ3n) is 2.42. The summed E-state index contributed by atoms with van der Waals surface area (Å²) >= 11 is 0. The van der Waals surface area contributed by atoms with E-state index >= 15 is 0 Å². The first-order valence-electron chi connectivity index (χ1n) is 5.70. The van der Waals surface area contributed by atoms with Crippen LogP contribution in [0.4, 0.5) is 5.95 Å². The third kappa shape index (κ3) is 3.03. The molecule has 0 aliphatic rings. The Morgan fingerprint density at radius 2 is 2.21 bits per heavy atom. The third-order valence-corrected chi connectivity index (χ3v) is 2.42. The van der Waals surface area contributed by atoms with Crippen LogP contribution in [0.5, 0.6) is 0 Å². The molecule has 0 aromatic carbocycles. The molecule has 2 heterocycles. The van der Waals surface area contributed by atoms with E-state index in [1.807, 2.05) is 0 Å². The Hall–Kier alpha value is -2.51. The number of hydrogen-bond acceptors (Lipinski definition) is 7. The Kier molecular flexibility index (Phi) is 3.69. The molecule has 1 unspecified atom stereocenters. The van der Waals surface area contributed by atoms with Gasteiger partial charge in [-0.05, 0) is 19.9 Å². The van der Waals surface area contributed by atoms with Crippen molar-refractivity contribution in [3.8, 4) is 0 Å². The minimum atomic E-state index is -0.362. The lowest BCUT2D eigenvalue weighted by Gasteiger charge is -2.10. The Morgan fingerprint density at radius 3 is 2.84 bits per heavy atom. The zero-order valence-corrected chi connectivity index (χ0v) is 10.8. The van der Waals surface area contributed by atoms with Crippen LogP contribution in [0.2, 0.25) is 0 Å². The van der Waals surface area contributed by atoms with E-state index in [2.05, 4.69) is 35.3 Å². The molecule has 2 aromatic heterocycles. The molecule has 8 nitrogen and oxygen atoms in total. The largest absolute Gasteiger partial charge is 0.357 e. The SMILES string of the molecule is CNc1nc(C)cc(C(=O)NC(C)c2ncon2)n1. The van der Waals surface area contributed by atoms with Crippen LogP contribution in [-0.2, 0) is 0 Å². The van der Waals surface area contributed by atoms with Gasteiger partial charge in [0.2, 0.25) is 12.3 Å².